The molecule has 0 aromatic heterocycles. The first-order valence-electron chi connectivity index (χ1n) is 8.12. The number of rotatable bonds is 6. The summed E-state index contributed by atoms with van der Waals surface area (Å²) in [6, 6.07) is 3.10. The van der Waals surface area contributed by atoms with Crippen LogP contribution in [0.1, 0.15) is 25.3 Å². The van der Waals surface area contributed by atoms with Crippen LogP contribution in [0.4, 0.5) is 8.78 Å². The van der Waals surface area contributed by atoms with E-state index in [1.165, 1.54) is 6.07 Å². The summed E-state index contributed by atoms with van der Waals surface area (Å²) in [7, 11) is 1.71. The lowest BCUT2D eigenvalue weighted by atomic mass is 10.1. The number of hydrogen-bond acceptors (Lipinski definition) is 3. The van der Waals surface area contributed by atoms with Crippen LogP contribution in [0.5, 0.6) is 0 Å². The van der Waals surface area contributed by atoms with E-state index in [0.29, 0.717) is 31.7 Å². The van der Waals surface area contributed by atoms with Crippen molar-refractivity contribution in [1.29, 1.82) is 0 Å². The number of benzene rings is 1. The van der Waals surface area contributed by atoms with Gasteiger partial charge in [-0.05, 0) is 24.1 Å². The normalized spacial score (nSPS) is 18.3. The number of nitrogens with one attached hydrogen (secondary N) is 1. The van der Waals surface area contributed by atoms with Crippen molar-refractivity contribution in [2.24, 2.45) is 0 Å². The molecule has 1 aliphatic heterocycles. The minimum atomic E-state index is -0.913. The summed E-state index contributed by atoms with van der Waals surface area (Å²) in [5, 5.41) is 2.76. The molecular formula is C17H23F2N3O2. The van der Waals surface area contributed by atoms with E-state index in [4.69, 9.17) is 0 Å². The highest BCUT2D eigenvalue weighted by Gasteiger charge is 2.32. The summed E-state index contributed by atoms with van der Waals surface area (Å²) < 4.78 is 26.4. The van der Waals surface area contributed by atoms with Crippen molar-refractivity contribution in [1.82, 2.24) is 15.1 Å². The molecule has 1 atom stereocenters. The first kappa shape index (κ1) is 18.3. The average molecular weight is 339 g/mol. The summed E-state index contributed by atoms with van der Waals surface area (Å²) >= 11 is 0. The third-order valence-electron chi connectivity index (χ3n) is 4.16. The summed E-state index contributed by atoms with van der Waals surface area (Å²) in [5.74, 6) is -2.12. The summed E-state index contributed by atoms with van der Waals surface area (Å²) in [4.78, 5) is 27.9. The van der Waals surface area contributed by atoms with E-state index in [-0.39, 0.29) is 18.2 Å². The number of nitrogens with zero attached hydrogens (tertiary/aromatic N) is 2. The van der Waals surface area contributed by atoms with Crippen molar-refractivity contribution < 1.29 is 18.4 Å². The Labute approximate surface area is 140 Å². The second-order valence-corrected chi connectivity index (χ2v) is 6.05. The van der Waals surface area contributed by atoms with Gasteiger partial charge in [0.15, 0.2) is 11.6 Å². The first-order valence-corrected chi connectivity index (χ1v) is 8.12. The van der Waals surface area contributed by atoms with Gasteiger partial charge in [0.2, 0.25) is 11.8 Å². The lowest BCUT2D eigenvalue weighted by Gasteiger charge is -2.35. The van der Waals surface area contributed by atoms with Crippen molar-refractivity contribution in [2.45, 2.75) is 32.4 Å². The van der Waals surface area contributed by atoms with Gasteiger partial charge in [-0.1, -0.05) is 13.0 Å². The fraction of sp³-hybridized carbons (Fsp3) is 0.529. The van der Waals surface area contributed by atoms with Crippen LogP contribution in [-0.4, -0.2) is 54.3 Å². The van der Waals surface area contributed by atoms with E-state index in [9.17, 15) is 18.4 Å². The van der Waals surface area contributed by atoms with Gasteiger partial charge >= 0.3 is 0 Å². The molecule has 0 radical (unpaired) electrons. The molecule has 1 unspecified atom stereocenters. The molecule has 1 aromatic rings. The zero-order valence-corrected chi connectivity index (χ0v) is 14.0. The van der Waals surface area contributed by atoms with Gasteiger partial charge < -0.3 is 10.2 Å². The highest BCUT2D eigenvalue weighted by Crippen LogP contribution is 2.16. The van der Waals surface area contributed by atoms with E-state index in [1.807, 2.05) is 11.8 Å². The molecule has 0 aliphatic carbocycles. The Hall–Kier alpha value is -2.02. The van der Waals surface area contributed by atoms with Crippen LogP contribution in [0.3, 0.4) is 0 Å². The van der Waals surface area contributed by atoms with Gasteiger partial charge in [-0.3, -0.25) is 14.5 Å². The second kappa shape index (κ2) is 8.19. The number of amides is 2. The Balaban J connectivity index is 2.09. The molecule has 1 heterocycles. The Morgan fingerprint density at radius 1 is 1.38 bits per heavy atom. The van der Waals surface area contributed by atoms with E-state index >= 15 is 0 Å². The van der Waals surface area contributed by atoms with Gasteiger partial charge in [-0.25, -0.2) is 8.78 Å². The largest absolute Gasteiger partial charge is 0.353 e. The molecule has 132 valence electrons. The van der Waals surface area contributed by atoms with Gasteiger partial charge in [0, 0.05) is 33.2 Å². The van der Waals surface area contributed by atoms with Crippen molar-refractivity contribution >= 4 is 11.8 Å². The standard InChI is InChI=1S/C17H23F2N3O2/c1-3-7-21(2)16(23)10-15-17(24)20-6-8-22(15)11-12-4-5-13(18)14(19)9-12/h4-5,9,15H,3,6-8,10-11H2,1-2H3,(H,20,24). The third-order valence-corrected chi connectivity index (χ3v) is 4.16. The van der Waals surface area contributed by atoms with Crippen LogP contribution in [0.15, 0.2) is 18.2 Å². The molecule has 2 amide bonds. The number of hydrogen-bond donors (Lipinski definition) is 1. The zero-order chi connectivity index (χ0) is 17.7. The van der Waals surface area contributed by atoms with Crippen molar-refractivity contribution in [2.75, 3.05) is 26.7 Å². The molecule has 2 rings (SSSR count). The van der Waals surface area contributed by atoms with E-state index in [1.54, 1.807) is 11.9 Å². The van der Waals surface area contributed by atoms with Crippen LogP contribution >= 0.6 is 0 Å². The molecule has 24 heavy (non-hydrogen) atoms. The molecular weight excluding hydrogens is 316 g/mol. The maximum atomic E-state index is 13.4. The minimum absolute atomic E-state index is 0.0754. The predicted molar refractivity (Wildman–Crippen MR) is 86.1 cm³/mol. The highest BCUT2D eigenvalue weighted by molar-refractivity contribution is 5.88. The smallest absolute Gasteiger partial charge is 0.237 e. The Bertz CT molecular complexity index is 609. The lowest BCUT2D eigenvalue weighted by molar-refractivity contribution is -0.138. The topological polar surface area (TPSA) is 52.7 Å². The highest BCUT2D eigenvalue weighted by atomic mass is 19.2. The number of halogens is 2. The molecule has 0 saturated carbocycles. The van der Waals surface area contributed by atoms with Crippen LogP contribution < -0.4 is 5.32 Å². The fourth-order valence-corrected chi connectivity index (χ4v) is 2.83. The van der Waals surface area contributed by atoms with Crippen LogP contribution in [0, 0.1) is 11.6 Å². The minimum Gasteiger partial charge on any atom is -0.353 e. The quantitative estimate of drug-likeness (QED) is 0.855. The van der Waals surface area contributed by atoms with Gasteiger partial charge in [0.05, 0.1) is 12.5 Å². The maximum Gasteiger partial charge on any atom is 0.237 e. The maximum absolute atomic E-state index is 13.4. The van der Waals surface area contributed by atoms with Gasteiger partial charge in [-0.15, -0.1) is 0 Å². The zero-order valence-electron chi connectivity index (χ0n) is 14.0. The van der Waals surface area contributed by atoms with E-state index < -0.39 is 17.7 Å². The lowest BCUT2D eigenvalue weighted by Crippen LogP contribution is -2.56. The Morgan fingerprint density at radius 2 is 2.12 bits per heavy atom. The molecule has 1 aromatic carbocycles. The van der Waals surface area contributed by atoms with Crippen molar-refractivity contribution in [3.05, 3.63) is 35.4 Å². The molecule has 5 nitrogen and oxygen atoms in total. The summed E-state index contributed by atoms with van der Waals surface area (Å²) in [6.07, 6.45) is 0.920. The molecule has 0 spiro atoms. The van der Waals surface area contributed by atoms with Gasteiger partial charge in [-0.2, -0.15) is 0 Å². The van der Waals surface area contributed by atoms with Crippen molar-refractivity contribution in [3.8, 4) is 0 Å². The summed E-state index contributed by atoms with van der Waals surface area (Å²) in [5.41, 5.74) is 0.572. The van der Waals surface area contributed by atoms with Crippen LogP contribution in [0.2, 0.25) is 0 Å². The third kappa shape index (κ3) is 4.50. The number of carbonyl (C=O) groups excluding carboxylic acids is 2. The SMILES string of the molecule is CCCN(C)C(=O)CC1C(=O)NCCN1Cc1ccc(F)c(F)c1. The van der Waals surface area contributed by atoms with Crippen LogP contribution in [0.25, 0.3) is 0 Å². The second-order valence-electron chi connectivity index (χ2n) is 6.05. The van der Waals surface area contributed by atoms with Gasteiger partial charge in [0.1, 0.15) is 0 Å². The number of carbonyl (C=O) groups is 2. The van der Waals surface area contributed by atoms with Gasteiger partial charge in [0.25, 0.3) is 0 Å². The first-order chi connectivity index (χ1) is 11.4. The van der Waals surface area contributed by atoms with E-state index in [0.717, 1.165) is 18.6 Å². The van der Waals surface area contributed by atoms with Crippen molar-refractivity contribution in [3.63, 3.8) is 0 Å². The molecule has 1 saturated heterocycles. The monoisotopic (exact) mass is 339 g/mol. The van der Waals surface area contributed by atoms with E-state index in [2.05, 4.69) is 5.32 Å². The predicted octanol–water partition coefficient (Wildman–Crippen LogP) is 1.52. The molecule has 7 heteroatoms. The molecule has 1 fully saturated rings. The number of piperazine rings is 1. The Morgan fingerprint density at radius 3 is 2.79 bits per heavy atom. The average Bonchev–Trinajstić information content (AvgIpc) is 2.54. The molecule has 1 aliphatic rings. The fourth-order valence-electron chi connectivity index (χ4n) is 2.83. The van der Waals surface area contributed by atoms with Crippen LogP contribution in [-0.2, 0) is 16.1 Å². The summed E-state index contributed by atoms with van der Waals surface area (Å²) in [6.45, 7) is 3.93. The molecule has 0 bridgehead atoms. The molecule has 1 N–H and O–H groups in total. The Kier molecular flexibility index (Phi) is 6.25.